The summed E-state index contributed by atoms with van der Waals surface area (Å²) in [4.78, 5) is 3.02. The van der Waals surface area contributed by atoms with Gasteiger partial charge in [0.15, 0.2) is 11.5 Å². The predicted octanol–water partition coefficient (Wildman–Crippen LogP) is 4.04. The van der Waals surface area contributed by atoms with Crippen LogP contribution in [-0.4, -0.2) is 42.3 Å². The van der Waals surface area contributed by atoms with Crippen molar-refractivity contribution in [3.63, 3.8) is 0 Å². The third-order valence-corrected chi connectivity index (χ3v) is 5.49. The van der Waals surface area contributed by atoms with Crippen LogP contribution in [0.4, 0.5) is 0 Å². The van der Waals surface area contributed by atoms with E-state index in [2.05, 4.69) is 35.2 Å². The molecule has 0 aliphatic carbocycles. The third kappa shape index (κ3) is 4.10. The Kier molecular flexibility index (Phi) is 5.99. The summed E-state index contributed by atoms with van der Waals surface area (Å²) >= 11 is 5.70. The molecule has 0 saturated carbocycles. The van der Waals surface area contributed by atoms with E-state index in [-0.39, 0.29) is 5.75 Å². The summed E-state index contributed by atoms with van der Waals surface area (Å²) in [6.45, 7) is 1.89. The van der Waals surface area contributed by atoms with E-state index < -0.39 is 0 Å². The average Bonchev–Trinajstić information content (AvgIpc) is 2.69. The predicted molar refractivity (Wildman–Crippen MR) is 107 cm³/mol. The Morgan fingerprint density at radius 2 is 1.65 bits per heavy atom. The Morgan fingerprint density at radius 1 is 1.08 bits per heavy atom. The SMILES string of the molecule is COc1cc(C(=S)N2CCC(Cc3ccccc3)CC2)cc(OC)c1O. The van der Waals surface area contributed by atoms with E-state index in [0.717, 1.165) is 42.9 Å². The van der Waals surface area contributed by atoms with Crippen molar-refractivity contribution in [1.82, 2.24) is 4.90 Å². The van der Waals surface area contributed by atoms with Crippen molar-refractivity contribution < 1.29 is 14.6 Å². The number of aromatic hydroxyl groups is 1. The fourth-order valence-electron chi connectivity index (χ4n) is 3.49. The second kappa shape index (κ2) is 8.41. The van der Waals surface area contributed by atoms with Crippen LogP contribution in [0.5, 0.6) is 17.2 Å². The Hall–Kier alpha value is -2.27. The zero-order chi connectivity index (χ0) is 18.5. The summed E-state index contributed by atoms with van der Waals surface area (Å²) in [6, 6.07) is 14.2. The summed E-state index contributed by atoms with van der Waals surface area (Å²) in [7, 11) is 3.05. The van der Waals surface area contributed by atoms with Gasteiger partial charge in [0.2, 0.25) is 5.75 Å². The van der Waals surface area contributed by atoms with Crippen LogP contribution >= 0.6 is 12.2 Å². The van der Waals surface area contributed by atoms with Crippen LogP contribution in [0, 0.1) is 5.92 Å². The van der Waals surface area contributed by atoms with Gasteiger partial charge in [0.1, 0.15) is 4.99 Å². The Balaban J connectivity index is 1.65. The maximum absolute atomic E-state index is 10.1. The quantitative estimate of drug-likeness (QED) is 0.804. The molecule has 0 atom stereocenters. The molecule has 1 fully saturated rings. The molecule has 0 spiro atoms. The van der Waals surface area contributed by atoms with Gasteiger partial charge >= 0.3 is 0 Å². The first-order valence-electron chi connectivity index (χ1n) is 8.90. The largest absolute Gasteiger partial charge is 0.502 e. The van der Waals surface area contributed by atoms with Gasteiger partial charge in [-0.25, -0.2) is 0 Å². The van der Waals surface area contributed by atoms with Gasteiger partial charge in [-0.1, -0.05) is 42.5 Å². The topological polar surface area (TPSA) is 41.9 Å². The molecular weight excluding hydrogens is 346 g/mol. The number of thiocarbonyl (C=S) groups is 1. The van der Waals surface area contributed by atoms with Crippen LogP contribution in [0.25, 0.3) is 0 Å². The first kappa shape index (κ1) is 18.5. The van der Waals surface area contributed by atoms with Gasteiger partial charge in [-0.05, 0) is 42.9 Å². The number of benzene rings is 2. The van der Waals surface area contributed by atoms with Crippen LogP contribution in [0.3, 0.4) is 0 Å². The lowest BCUT2D eigenvalue weighted by molar-refractivity contribution is 0.268. The van der Waals surface area contributed by atoms with E-state index in [1.165, 1.54) is 19.8 Å². The molecule has 1 aliphatic rings. The van der Waals surface area contributed by atoms with E-state index in [0.29, 0.717) is 17.4 Å². The van der Waals surface area contributed by atoms with Crippen molar-refractivity contribution in [1.29, 1.82) is 0 Å². The van der Waals surface area contributed by atoms with Gasteiger partial charge in [-0.2, -0.15) is 0 Å². The number of rotatable bonds is 5. The highest BCUT2D eigenvalue weighted by Crippen LogP contribution is 2.37. The summed E-state index contributed by atoms with van der Waals surface area (Å²) in [5.41, 5.74) is 2.24. The molecule has 0 aromatic heterocycles. The smallest absolute Gasteiger partial charge is 0.200 e. The molecule has 1 N–H and O–H groups in total. The molecule has 1 saturated heterocycles. The lowest BCUT2D eigenvalue weighted by Gasteiger charge is -2.34. The molecule has 5 heteroatoms. The Bertz CT molecular complexity index is 730. The first-order chi connectivity index (χ1) is 12.6. The molecular formula is C21H25NO3S. The molecule has 0 amide bonds. The van der Waals surface area contributed by atoms with Gasteiger partial charge in [0, 0.05) is 18.7 Å². The minimum absolute atomic E-state index is 0.00289. The summed E-state index contributed by atoms with van der Waals surface area (Å²) in [5.74, 6) is 1.45. The third-order valence-electron chi connectivity index (χ3n) is 5.00. The average molecular weight is 372 g/mol. The molecule has 4 nitrogen and oxygen atoms in total. The summed E-state index contributed by atoms with van der Waals surface area (Å²) in [5, 5.41) is 10.1. The maximum Gasteiger partial charge on any atom is 0.200 e. The summed E-state index contributed by atoms with van der Waals surface area (Å²) in [6.07, 6.45) is 3.38. The van der Waals surface area contributed by atoms with Crippen molar-refractivity contribution in [3.05, 3.63) is 53.6 Å². The minimum Gasteiger partial charge on any atom is -0.502 e. The van der Waals surface area contributed by atoms with Gasteiger partial charge in [0.05, 0.1) is 14.2 Å². The molecule has 2 aromatic carbocycles. The molecule has 0 bridgehead atoms. The number of nitrogens with zero attached hydrogens (tertiary/aromatic N) is 1. The van der Waals surface area contributed by atoms with E-state index in [1.54, 1.807) is 12.1 Å². The van der Waals surface area contributed by atoms with Crippen LogP contribution in [-0.2, 0) is 6.42 Å². The molecule has 0 unspecified atom stereocenters. The fraction of sp³-hybridized carbons (Fsp3) is 0.381. The normalized spacial score (nSPS) is 14.9. The molecule has 1 aliphatic heterocycles. The monoisotopic (exact) mass is 371 g/mol. The molecule has 0 radical (unpaired) electrons. The molecule has 2 aromatic rings. The highest BCUT2D eigenvalue weighted by Gasteiger charge is 2.23. The maximum atomic E-state index is 10.1. The van der Waals surface area contributed by atoms with Gasteiger partial charge < -0.3 is 19.5 Å². The molecule has 1 heterocycles. The highest BCUT2D eigenvalue weighted by atomic mass is 32.1. The van der Waals surface area contributed by atoms with Crippen molar-refractivity contribution in [2.75, 3.05) is 27.3 Å². The van der Waals surface area contributed by atoms with Crippen LogP contribution in [0.2, 0.25) is 0 Å². The van der Waals surface area contributed by atoms with E-state index in [9.17, 15) is 5.11 Å². The molecule has 3 rings (SSSR count). The van der Waals surface area contributed by atoms with Crippen molar-refractivity contribution in [3.8, 4) is 17.2 Å². The lowest BCUT2D eigenvalue weighted by Crippen LogP contribution is -2.38. The number of phenols is 1. The second-order valence-corrected chi connectivity index (χ2v) is 7.04. The molecule has 26 heavy (non-hydrogen) atoms. The number of piperidine rings is 1. The fourth-order valence-corrected chi connectivity index (χ4v) is 3.79. The lowest BCUT2D eigenvalue weighted by atomic mass is 9.90. The summed E-state index contributed by atoms with van der Waals surface area (Å²) < 4.78 is 10.5. The van der Waals surface area contributed by atoms with Gasteiger partial charge in [0.25, 0.3) is 0 Å². The van der Waals surface area contributed by atoms with Gasteiger partial charge in [-0.3, -0.25) is 0 Å². The van der Waals surface area contributed by atoms with E-state index in [4.69, 9.17) is 21.7 Å². The van der Waals surface area contributed by atoms with E-state index >= 15 is 0 Å². The molecule has 138 valence electrons. The van der Waals surface area contributed by atoms with Crippen LogP contribution in [0.1, 0.15) is 24.0 Å². The Morgan fingerprint density at radius 3 is 2.19 bits per heavy atom. The van der Waals surface area contributed by atoms with Gasteiger partial charge in [-0.15, -0.1) is 0 Å². The van der Waals surface area contributed by atoms with Crippen molar-refractivity contribution in [2.45, 2.75) is 19.3 Å². The zero-order valence-corrected chi connectivity index (χ0v) is 16.1. The number of likely N-dealkylation sites (tertiary alicyclic amines) is 1. The van der Waals surface area contributed by atoms with Crippen LogP contribution < -0.4 is 9.47 Å². The Labute approximate surface area is 160 Å². The number of hydrogen-bond acceptors (Lipinski definition) is 4. The highest BCUT2D eigenvalue weighted by molar-refractivity contribution is 7.80. The number of hydrogen-bond donors (Lipinski definition) is 1. The van der Waals surface area contributed by atoms with Crippen molar-refractivity contribution >= 4 is 17.2 Å². The van der Waals surface area contributed by atoms with Crippen molar-refractivity contribution in [2.24, 2.45) is 5.92 Å². The van der Waals surface area contributed by atoms with Crippen LogP contribution in [0.15, 0.2) is 42.5 Å². The van der Waals surface area contributed by atoms with E-state index in [1.807, 2.05) is 0 Å². The first-order valence-corrected chi connectivity index (χ1v) is 9.31. The standard InChI is InChI=1S/C21H25NO3S/c1-24-18-13-17(14-19(25-2)20(18)23)21(26)22-10-8-16(9-11-22)12-15-6-4-3-5-7-15/h3-7,13-14,16,23H,8-12H2,1-2H3. The minimum atomic E-state index is 0.00289. The number of ether oxygens (including phenoxy) is 2. The zero-order valence-electron chi connectivity index (χ0n) is 15.3. The second-order valence-electron chi connectivity index (χ2n) is 6.65. The number of methoxy groups -OCH3 is 2. The number of phenolic OH excluding ortho intramolecular Hbond substituents is 1.